The molecule has 1 aliphatic heterocycles. The van der Waals surface area contributed by atoms with Crippen LogP contribution in [-0.4, -0.2) is 45.3 Å². The molecule has 0 N–H and O–H groups in total. The van der Waals surface area contributed by atoms with Crippen molar-refractivity contribution in [2.45, 2.75) is 32.7 Å². The molecule has 0 aliphatic carbocycles. The van der Waals surface area contributed by atoms with Gasteiger partial charge in [0.15, 0.2) is 6.61 Å². The number of aromatic nitrogens is 3. The van der Waals surface area contributed by atoms with E-state index in [1.807, 2.05) is 23.4 Å². The summed E-state index contributed by atoms with van der Waals surface area (Å²) in [6, 6.07) is 9.03. The fourth-order valence-corrected chi connectivity index (χ4v) is 3.15. The Morgan fingerprint density at radius 1 is 1.44 bits per heavy atom. The molecular weight excluding hydrogens is 318 g/mol. The fourth-order valence-electron chi connectivity index (χ4n) is 3.15. The summed E-state index contributed by atoms with van der Waals surface area (Å²) < 4.78 is 7.48. The smallest absolute Gasteiger partial charge is 0.260 e. The van der Waals surface area contributed by atoms with Crippen LogP contribution in [0.3, 0.4) is 0 Å². The lowest BCUT2D eigenvalue weighted by atomic mass is 10.1. The monoisotopic (exact) mass is 339 g/mol. The number of benzene rings is 1. The molecular formula is C18H21N5O2. The van der Waals surface area contributed by atoms with Crippen LogP contribution >= 0.6 is 0 Å². The van der Waals surface area contributed by atoms with Crippen molar-refractivity contribution in [3.8, 4) is 11.8 Å². The predicted molar refractivity (Wildman–Crippen MR) is 91.0 cm³/mol. The maximum atomic E-state index is 12.5. The number of nitrogens with zero attached hydrogens (tertiary/aromatic N) is 5. The summed E-state index contributed by atoms with van der Waals surface area (Å²) >= 11 is 0. The van der Waals surface area contributed by atoms with Crippen molar-refractivity contribution in [3.05, 3.63) is 41.5 Å². The Hall–Kier alpha value is -2.88. The number of carbonyl (C=O) groups excluding carboxylic acids is 1. The third-order valence-electron chi connectivity index (χ3n) is 4.33. The lowest BCUT2D eigenvalue weighted by Crippen LogP contribution is -2.43. The Labute approximate surface area is 146 Å². The van der Waals surface area contributed by atoms with E-state index in [4.69, 9.17) is 10.00 Å². The number of rotatable bonds is 4. The van der Waals surface area contributed by atoms with Gasteiger partial charge >= 0.3 is 0 Å². The SMILES string of the molecule is Cc1nc(C)n([C@H]2CCCN(C(=O)COc3cccc(C#N)c3)C2)n1. The molecule has 0 unspecified atom stereocenters. The highest BCUT2D eigenvalue weighted by Crippen LogP contribution is 2.22. The van der Waals surface area contributed by atoms with E-state index in [9.17, 15) is 4.79 Å². The van der Waals surface area contributed by atoms with E-state index in [0.717, 1.165) is 31.0 Å². The first-order valence-electron chi connectivity index (χ1n) is 8.37. The number of hydrogen-bond acceptors (Lipinski definition) is 5. The molecule has 0 radical (unpaired) electrons. The van der Waals surface area contributed by atoms with Gasteiger partial charge in [-0.3, -0.25) is 4.79 Å². The minimum atomic E-state index is -0.0541. The summed E-state index contributed by atoms with van der Waals surface area (Å²) in [4.78, 5) is 18.6. The van der Waals surface area contributed by atoms with Crippen LogP contribution in [0.15, 0.2) is 24.3 Å². The lowest BCUT2D eigenvalue weighted by molar-refractivity contribution is -0.135. The Morgan fingerprint density at radius 3 is 3.00 bits per heavy atom. The third-order valence-corrected chi connectivity index (χ3v) is 4.33. The second-order valence-corrected chi connectivity index (χ2v) is 6.21. The Morgan fingerprint density at radius 2 is 2.28 bits per heavy atom. The Balaban J connectivity index is 1.60. The van der Waals surface area contributed by atoms with Crippen molar-refractivity contribution in [3.63, 3.8) is 0 Å². The van der Waals surface area contributed by atoms with Gasteiger partial charge in [-0.1, -0.05) is 6.07 Å². The maximum absolute atomic E-state index is 12.5. The van der Waals surface area contributed by atoms with Crippen LogP contribution in [0.4, 0.5) is 0 Å². The number of ether oxygens (including phenoxy) is 1. The molecule has 1 aliphatic rings. The second kappa shape index (κ2) is 7.34. The standard InChI is InChI=1S/C18H21N5O2/c1-13-20-14(2)23(21-13)16-6-4-8-22(11-16)18(24)12-25-17-7-3-5-15(9-17)10-19/h3,5,7,9,16H,4,6,8,11-12H2,1-2H3/t16-/m0/s1. The Kier molecular flexibility index (Phi) is 4.98. The molecule has 0 spiro atoms. The highest BCUT2D eigenvalue weighted by atomic mass is 16.5. The van der Waals surface area contributed by atoms with Crippen molar-refractivity contribution < 1.29 is 9.53 Å². The average Bonchev–Trinajstić information content (AvgIpc) is 2.98. The van der Waals surface area contributed by atoms with Crippen molar-refractivity contribution in [1.82, 2.24) is 19.7 Å². The lowest BCUT2D eigenvalue weighted by Gasteiger charge is -2.33. The van der Waals surface area contributed by atoms with E-state index in [1.165, 1.54) is 0 Å². The van der Waals surface area contributed by atoms with Crippen molar-refractivity contribution in [2.24, 2.45) is 0 Å². The number of likely N-dealkylation sites (tertiary alicyclic amines) is 1. The molecule has 2 aromatic rings. The highest BCUT2D eigenvalue weighted by molar-refractivity contribution is 5.77. The van der Waals surface area contributed by atoms with Crippen LogP contribution in [0.5, 0.6) is 5.75 Å². The summed E-state index contributed by atoms with van der Waals surface area (Å²) in [7, 11) is 0. The molecule has 1 amide bonds. The van der Waals surface area contributed by atoms with Gasteiger partial charge in [0, 0.05) is 13.1 Å². The van der Waals surface area contributed by atoms with Crippen LogP contribution < -0.4 is 4.74 Å². The zero-order valence-corrected chi connectivity index (χ0v) is 14.5. The van der Waals surface area contributed by atoms with Crippen molar-refractivity contribution in [2.75, 3.05) is 19.7 Å². The number of piperidine rings is 1. The minimum absolute atomic E-state index is 0.0308. The number of aryl methyl sites for hydroxylation is 2. The largest absolute Gasteiger partial charge is 0.484 e. The molecule has 7 nitrogen and oxygen atoms in total. The molecule has 1 saturated heterocycles. The number of nitriles is 1. The van der Waals surface area contributed by atoms with Crippen molar-refractivity contribution in [1.29, 1.82) is 5.26 Å². The van der Waals surface area contributed by atoms with Gasteiger partial charge in [0.1, 0.15) is 17.4 Å². The number of carbonyl (C=O) groups is 1. The molecule has 0 bridgehead atoms. The van der Waals surface area contributed by atoms with E-state index in [2.05, 4.69) is 16.2 Å². The van der Waals surface area contributed by atoms with E-state index in [1.54, 1.807) is 24.3 Å². The zero-order valence-electron chi connectivity index (χ0n) is 14.5. The van der Waals surface area contributed by atoms with Crippen LogP contribution in [0.1, 0.15) is 36.1 Å². The first-order chi connectivity index (χ1) is 12.1. The molecule has 3 rings (SSSR count). The van der Waals surface area contributed by atoms with E-state index in [0.29, 0.717) is 17.9 Å². The summed E-state index contributed by atoms with van der Waals surface area (Å²) in [6.07, 6.45) is 1.91. The van der Waals surface area contributed by atoms with Crippen LogP contribution in [0, 0.1) is 25.2 Å². The minimum Gasteiger partial charge on any atom is -0.484 e. The van der Waals surface area contributed by atoms with Gasteiger partial charge < -0.3 is 9.64 Å². The van der Waals surface area contributed by atoms with Gasteiger partial charge in [0.05, 0.1) is 17.7 Å². The molecule has 2 heterocycles. The first-order valence-corrected chi connectivity index (χ1v) is 8.37. The summed E-state index contributed by atoms with van der Waals surface area (Å²) in [5.41, 5.74) is 0.514. The fraction of sp³-hybridized carbons (Fsp3) is 0.444. The average molecular weight is 339 g/mol. The topological polar surface area (TPSA) is 84.0 Å². The van der Waals surface area contributed by atoms with E-state index < -0.39 is 0 Å². The molecule has 7 heteroatoms. The van der Waals surface area contributed by atoms with E-state index >= 15 is 0 Å². The molecule has 1 aromatic carbocycles. The molecule has 1 aromatic heterocycles. The molecule has 1 atom stereocenters. The molecule has 130 valence electrons. The van der Waals surface area contributed by atoms with Gasteiger partial charge in [-0.15, -0.1) is 0 Å². The van der Waals surface area contributed by atoms with Gasteiger partial charge in [-0.2, -0.15) is 10.4 Å². The van der Waals surface area contributed by atoms with Crippen LogP contribution in [0.2, 0.25) is 0 Å². The summed E-state index contributed by atoms with van der Waals surface area (Å²) in [5, 5.41) is 13.4. The predicted octanol–water partition coefficient (Wildman–Crippen LogP) is 2.01. The highest BCUT2D eigenvalue weighted by Gasteiger charge is 2.26. The Bertz CT molecular complexity index is 808. The summed E-state index contributed by atoms with van der Waals surface area (Å²) in [6.45, 7) is 5.12. The molecule has 25 heavy (non-hydrogen) atoms. The maximum Gasteiger partial charge on any atom is 0.260 e. The van der Waals surface area contributed by atoms with Gasteiger partial charge in [0.2, 0.25) is 0 Å². The van der Waals surface area contributed by atoms with E-state index in [-0.39, 0.29) is 18.6 Å². The second-order valence-electron chi connectivity index (χ2n) is 6.21. The van der Waals surface area contributed by atoms with Gasteiger partial charge in [-0.25, -0.2) is 9.67 Å². The van der Waals surface area contributed by atoms with Gasteiger partial charge in [0.25, 0.3) is 5.91 Å². The number of amides is 1. The van der Waals surface area contributed by atoms with Gasteiger partial charge in [-0.05, 0) is 44.9 Å². The number of hydrogen-bond donors (Lipinski definition) is 0. The quantitative estimate of drug-likeness (QED) is 0.851. The zero-order chi connectivity index (χ0) is 17.8. The molecule has 0 saturated carbocycles. The third kappa shape index (κ3) is 3.97. The van der Waals surface area contributed by atoms with Crippen molar-refractivity contribution >= 4 is 5.91 Å². The molecule has 1 fully saturated rings. The normalized spacial score (nSPS) is 17.2. The van der Waals surface area contributed by atoms with Crippen LogP contribution in [0.25, 0.3) is 0 Å². The van der Waals surface area contributed by atoms with Crippen LogP contribution in [-0.2, 0) is 4.79 Å². The summed E-state index contributed by atoms with van der Waals surface area (Å²) in [5.74, 6) is 2.10. The first kappa shape index (κ1) is 17.0.